The topological polar surface area (TPSA) is 111 Å². The summed E-state index contributed by atoms with van der Waals surface area (Å²) < 4.78 is 33.5. The van der Waals surface area contributed by atoms with E-state index in [4.69, 9.17) is 4.74 Å². The van der Waals surface area contributed by atoms with Gasteiger partial charge in [0, 0.05) is 23.4 Å². The molecule has 2 aromatic heterocycles. The van der Waals surface area contributed by atoms with Gasteiger partial charge in [-0.2, -0.15) is 5.10 Å². The molecular formula is C30H21N3O5S. The summed E-state index contributed by atoms with van der Waals surface area (Å²) in [7, 11) is -3.94. The predicted octanol–water partition coefficient (Wildman–Crippen LogP) is 4.92. The molecule has 39 heavy (non-hydrogen) atoms. The van der Waals surface area contributed by atoms with Gasteiger partial charge < -0.3 is 4.74 Å². The number of esters is 1. The molecule has 6 rings (SSSR count). The number of aromatic amines is 1. The van der Waals surface area contributed by atoms with E-state index in [9.17, 15) is 18.0 Å². The number of carbonyl (C=O) groups excluding carboxylic acids is 1. The van der Waals surface area contributed by atoms with Gasteiger partial charge in [-0.3, -0.25) is 4.79 Å². The van der Waals surface area contributed by atoms with Crippen LogP contribution < -0.4 is 10.3 Å². The van der Waals surface area contributed by atoms with Crippen molar-refractivity contribution in [2.75, 3.05) is 0 Å². The molecule has 0 bridgehead atoms. The Bertz CT molecular complexity index is 2030. The summed E-state index contributed by atoms with van der Waals surface area (Å²) in [6.45, 7) is 0. The zero-order valence-electron chi connectivity index (χ0n) is 20.4. The molecule has 8 nitrogen and oxygen atoms in total. The number of para-hydroxylation sites is 1. The second-order valence-electron chi connectivity index (χ2n) is 8.93. The van der Waals surface area contributed by atoms with Crippen molar-refractivity contribution in [1.82, 2.24) is 14.2 Å². The van der Waals surface area contributed by atoms with Crippen molar-refractivity contribution in [2.24, 2.45) is 0 Å². The van der Waals surface area contributed by atoms with Crippen molar-refractivity contribution >= 4 is 37.7 Å². The Morgan fingerprint density at radius 1 is 0.821 bits per heavy atom. The SMILES string of the molecule is O=C(Oc1cccc(Cc2n[nH]c(=O)c3ccccc23)c1)c1cn(S(=O)(=O)c2ccccc2)c2ccccc12. The number of carbonyl (C=O) groups is 1. The number of H-pyrrole nitrogens is 1. The molecule has 9 heteroatoms. The van der Waals surface area contributed by atoms with Gasteiger partial charge in [-0.1, -0.05) is 66.7 Å². The normalized spacial score (nSPS) is 11.6. The molecule has 0 aliphatic rings. The van der Waals surface area contributed by atoms with Gasteiger partial charge in [0.2, 0.25) is 0 Å². The van der Waals surface area contributed by atoms with E-state index in [1.807, 2.05) is 18.2 Å². The van der Waals surface area contributed by atoms with Gasteiger partial charge in [0.25, 0.3) is 15.6 Å². The van der Waals surface area contributed by atoms with Crippen molar-refractivity contribution in [3.8, 4) is 5.75 Å². The number of fused-ring (bicyclic) bond motifs is 2. The number of nitrogens with one attached hydrogen (secondary N) is 1. The van der Waals surface area contributed by atoms with Crippen LogP contribution in [0.25, 0.3) is 21.7 Å². The van der Waals surface area contributed by atoms with Crippen LogP contribution in [0.1, 0.15) is 21.6 Å². The van der Waals surface area contributed by atoms with E-state index in [0.717, 1.165) is 14.9 Å². The number of hydrogen-bond acceptors (Lipinski definition) is 6. The van der Waals surface area contributed by atoms with E-state index in [-0.39, 0.29) is 16.0 Å². The molecule has 0 saturated carbocycles. The Hall–Kier alpha value is -5.02. The van der Waals surface area contributed by atoms with Crippen LogP contribution in [0.15, 0.2) is 119 Å². The largest absolute Gasteiger partial charge is 0.423 e. The predicted molar refractivity (Wildman–Crippen MR) is 148 cm³/mol. The van der Waals surface area contributed by atoms with Gasteiger partial charge in [-0.05, 0) is 42.0 Å². The molecule has 0 aliphatic carbocycles. The minimum atomic E-state index is -3.94. The number of aromatic nitrogens is 3. The highest BCUT2D eigenvalue weighted by atomic mass is 32.2. The van der Waals surface area contributed by atoms with Gasteiger partial charge in [0.05, 0.1) is 27.1 Å². The summed E-state index contributed by atoms with van der Waals surface area (Å²) in [6, 6.07) is 29.1. The quantitative estimate of drug-likeness (QED) is 0.239. The minimum Gasteiger partial charge on any atom is -0.423 e. The maximum atomic E-state index is 13.4. The highest BCUT2D eigenvalue weighted by Crippen LogP contribution is 2.28. The van der Waals surface area contributed by atoms with Crippen molar-refractivity contribution < 1.29 is 17.9 Å². The monoisotopic (exact) mass is 535 g/mol. The standard InChI is InChI=1S/C30H21N3O5S/c34-29-25-15-5-4-13-23(25)27(31-32-29)18-20-9-8-10-21(17-20)38-30(35)26-19-33(28-16-7-6-14-24(26)28)39(36,37)22-11-2-1-3-12-22/h1-17,19H,18H2,(H,32,34). The van der Waals surface area contributed by atoms with Crippen LogP contribution in [0, 0.1) is 0 Å². The maximum absolute atomic E-state index is 13.4. The van der Waals surface area contributed by atoms with E-state index in [0.29, 0.717) is 34.2 Å². The third-order valence-corrected chi connectivity index (χ3v) is 8.14. The zero-order chi connectivity index (χ0) is 27.0. The van der Waals surface area contributed by atoms with Crippen molar-refractivity contribution in [2.45, 2.75) is 11.3 Å². The van der Waals surface area contributed by atoms with Crippen LogP contribution >= 0.6 is 0 Å². The number of nitrogens with zero attached hydrogens (tertiary/aromatic N) is 2. The Labute approximate surface area is 223 Å². The number of benzene rings is 4. The molecule has 0 aliphatic heterocycles. The third kappa shape index (κ3) is 4.49. The van der Waals surface area contributed by atoms with Gasteiger partial charge in [-0.15, -0.1) is 0 Å². The average molecular weight is 536 g/mol. The number of hydrogen-bond donors (Lipinski definition) is 1. The highest BCUT2D eigenvalue weighted by molar-refractivity contribution is 7.90. The van der Waals surface area contributed by atoms with E-state index >= 15 is 0 Å². The lowest BCUT2D eigenvalue weighted by Crippen LogP contribution is -2.12. The molecule has 0 unspecified atom stereocenters. The smallest absolute Gasteiger partial charge is 0.345 e. The fraction of sp³-hybridized carbons (Fsp3) is 0.0333. The van der Waals surface area contributed by atoms with Gasteiger partial charge in [-0.25, -0.2) is 22.3 Å². The van der Waals surface area contributed by atoms with Crippen LogP contribution in [-0.2, 0) is 16.4 Å². The molecule has 1 N–H and O–H groups in total. The van der Waals surface area contributed by atoms with Gasteiger partial charge >= 0.3 is 5.97 Å². The van der Waals surface area contributed by atoms with Gasteiger partial charge in [0.15, 0.2) is 0 Å². The molecule has 0 fully saturated rings. The summed E-state index contributed by atoms with van der Waals surface area (Å²) in [5, 5.41) is 8.51. The van der Waals surface area contributed by atoms with Crippen LogP contribution in [0.5, 0.6) is 5.75 Å². The molecule has 0 saturated heterocycles. The Balaban J connectivity index is 1.32. The fourth-order valence-corrected chi connectivity index (χ4v) is 5.99. The highest BCUT2D eigenvalue weighted by Gasteiger charge is 2.24. The molecule has 6 aromatic rings. The van der Waals surface area contributed by atoms with Crippen LogP contribution in [0.4, 0.5) is 0 Å². The fourth-order valence-electron chi connectivity index (χ4n) is 4.60. The average Bonchev–Trinajstić information content (AvgIpc) is 3.36. The van der Waals surface area contributed by atoms with Crippen LogP contribution in [0.2, 0.25) is 0 Å². The van der Waals surface area contributed by atoms with E-state index in [1.54, 1.807) is 72.8 Å². The molecule has 0 spiro atoms. The lowest BCUT2D eigenvalue weighted by atomic mass is 10.0. The third-order valence-electron chi connectivity index (χ3n) is 6.45. The molecule has 0 atom stereocenters. The number of rotatable bonds is 6. The maximum Gasteiger partial charge on any atom is 0.345 e. The molecule has 192 valence electrons. The van der Waals surface area contributed by atoms with Crippen molar-refractivity contribution in [3.05, 3.63) is 136 Å². The van der Waals surface area contributed by atoms with Crippen LogP contribution in [0.3, 0.4) is 0 Å². The second kappa shape index (κ2) is 9.70. The van der Waals surface area contributed by atoms with Crippen molar-refractivity contribution in [1.29, 1.82) is 0 Å². The summed E-state index contributed by atoms with van der Waals surface area (Å²) in [5.74, 6) is -0.382. The first kappa shape index (κ1) is 24.3. The molecule has 0 amide bonds. The second-order valence-corrected chi connectivity index (χ2v) is 10.7. The van der Waals surface area contributed by atoms with Crippen molar-refractivity contribution in [3.63, 3.8) is 0 Å². The first-order valence-corrected chi connectivity index (χ1v) is 13.5. The summed E-state index contributed by atoms with van der Waals surface area (Å²) in [5.41, 5.74) is 1.74. The minimum absolute atomic E-state index is 0.113. The summed E-state index contributed by atoms with van der Waals surface area (Å²) in [4.78, 5) is 25.5. The lowest BCUT2D eigenvalue weighted by molar-refractivity contribution is 0.0736. The van der Waals surface area contributed by atoms with E-state index in [1.165, 1.54) is 18.3 Å². The lowest BCUT2D eigenvalue weighted by Gasteiger charge is -2.08. The summed E-state index contributed by atoms with van der Waals surface area (Å²) >= 11 is 0. The van der Waals surface area contributed by atoms with E-state index < -0.39 is 16.0 Å². The Kier molecular flexibility index (Phi) is 6.05. The first-order chi connectivity index (χ1) is 18.9. The van der Waals surface area contributed by atoms with Crippen LogP contribution in [-0.4, -0.2) is 28.6 Å². The molecular weight excluding hydrogens is 514 g/mol. The molecule has 4 aromatic carbocycles. The first-order valence-electron chi connectivity index (χ1n) is 12.1. The van der Waals surface area contributed by atoms with E-state index in [2.05, 4.69) is 10.2 Å². The Morgan fingerprint density at radius 3 is 2.31 bits per heavy atom. The Morgan fingerprint density at radius 2 is 1.51 bits per heavy atom. The summed E-state index contributed by atoms with van der Waals surface area (Å²) in [6.07, 6.45) is 1.70. The molecule has 0 radical (unpaired) electrons. The number of ether oxygens (including phenoxy) is 1. The molecule has 2 heterocycles. The zero-order valence-corrected chi connectivity index (χ0v) is 21.3. The van der Waals surface area contributed by atoms with Gasteiger partial charge in [0.1, 0.15) is 5.75 Å².